The Kier molecular flexibility index (Phi) is 9.46. The van der Waals surface area contributed by atoms with Crippen molar-refractivity contribution in [2.75, 3.05) is 26.7 Å². The number of likely N-dealkylation sites (tertiary alicyclic amines) is 1. The van der Waals surface area contributed by atoms with Gasteiger partial charge in [-0.2, -0.15) is 4.31 Å². The maximum absolute atomic E-state index is 14.0. The highest BCUT2D eigenvalue weighted by Gasteiger charge is 2.41. The zero-order valence-corrected chi connectivity index (χ0v) is 25.4. The zero-order valence-electron chi connectivity index (χ0n) is 24.6. The van der Waals surface area contributed by atoms with Gasteiger partial charge in [-0.15, -0.1) is 0 Å². The van der Waals surface area contributed by atoms with E-state index in [4.69, 9.17) is 4.74 Å². The second-order valence-corrected chi connectivity index (χ2v) is 13.3. The quantitative estimate of drug-likeness (QED) is 0.319. The number of nitrogens with zero attached hydrogens (tertiary/aromatic N) is 3. The van der Waals surface area contributed by atoms with Gasteiger partial charge in [-0.25, -0.2) is 12.8 Å². The second-order valence-electron chi connectivity index (χ2n) is 11.4. The van der Waals surface area contributed by atoms with Crippen LogP contribution in [-0.2, 0) is 32.6 Å². The van der Waals surface area contributed by atoms with Crippen molar-refractivity contribution in [2.24, 2.45) is 0 Å². The van der Waals surface area contributed by atoms with Gasteiger partial charge in [0, 0.05) is 31.7 Å². The summed E-state index contributed by atoms with van der Waals surface area (Å²) in [6.07, 6.45) is 2.83. The molecule has 0 unspecified atom stereocenters. The van der Waals surface area contributed by atoms with Crippen molar-refractivity contribution in [3.8, 4) is 5.75 Å². The highest BCUT2D eigenvalue weighted by Crippen LogP contribution is 2.33. The van der Waals surface area contributed by atoms with Crippen LogP contribution < -0.4 is 4.74 Å². The molecular formula is C33H38FN3O5S. The molecule has 228 valence electrons. The molecule has 0 radical (unpaired) electrons. The molecule has 0 spiro atoms. The molecule has 2 fully saturated rings. The molecule has 2 amide bonds. The lowest BCUT2D eigenvalue weighted by molar-refractivity contribution is -0.137. The number of ether oxygens (including phenoxy) is 1. The van der Waals surface area contributed by atoms with E-state index in [9.17, 15) is 22.4 Å². The molecule has 10 heteroatoms. The van der Waals surface area contributed by atoms with Crippen LogP contribution in [-0.4, -0.2) is 73.2 Å². The van der Waals surface area contributed by atoms with E-state index in [-0.39, 0.29) is 54.1 Å². The summed E-state index contributed by atoms with van der Waals surface area (Å²) in [6, 6.07) is 19.7. The molecule has 1 aliphatic heterocycles. The van der Waals surface area contributed by atoms with E-state index in [1.165, 1.54) is 16.4 Å². The number of benzene rings is 3. The average molecular weight is 608 g/mol. The minimum atomic E-state index is -3.87. The Morgan fingerprint density at radius 2 is 1.47 bits per heavy atom. The van der Waals surface area contributed by atoms with Crippen molar-refractivity contribution in [3.63, 3.8) is 0 Å². The van der Waals surface area contributed by atoms with Gasteiger partial charge in [0.25, 0.3) is 0 Å². The highest BCUT2D eigenvalue weighted by molar-refractivity contribution is 7.89. The van der Waals surface area contributed by atoms with Crippen LogP contribution in [0.1, 0.15) is 42.4 Å². The fourth-order valence-electron chi connectivity index (χ4n) is 5.51. The van der Waals surface area contributed by atoms with Crippen LogP contribution in [0.15, 0.2) is 77.7 Å². The van der Waals surface area contributed by atoms with Gasteiger partial charge >= 0.3 is 0 Å². The predicted octanol–water partition coefficient (Wildman–Crippen LogP) is 4.56. The van der Waals surface area contributed by atoms with Crippen molar-refractivity contribution in [2.45, 2.75) is 62.6 Å². The van der Waals surface area contributed by atoms with Crippen molar-refractivity contribution in [1.82, 2.24) is 14.1 Å². The van der Waals surface area contributed by atoms with Crippen LogP contribution in [0, 0.1) is 12.7 Å². The van der Waals surface area contributed by atoms with Crippen molar-refractivity contribution in [1.29, 1.82) is 0 Å². The SMILES string of the molecule is COc1ccc(CC(=O)N2CCC(N(Cc3ccc(F)cc3)C(=O)CN(C3CC3)S(=O)(=O)c3ccc(C)cc3)CC2)cc1. The Hall–Kier alpha value is -3.76. The van der Waals surface area contributed by atoms with Gasteiger partial charge in [0.15, 0.2) is 0 Å². The summed E-state index contributed by atoms with van der Waals surface area (Å²) in [5, 5.41) is 0. The largest absolute Gasteiger partial charge is 0.497 e. The van der Waals surface area contributed by atoms with Crippen LogP contribution in [0.5, 0.6) is 5.75 Å². The zero-order chi connectivity index (χ0) is 30.6. The third-order valence-electron chi connectivity index (χ3n) is 8.23. The molecule has 0 aromatic heterocycles. The summed E-state index contributed by atoms with van der Waals surface area (Å²) < 4.78 is 47.4. The van der Waals surface area contributed by atoms with E-state index in [0.29, 0.717) is 38.8 Å². The molecule has 8 nitrogen and oxygen atoms in total. The van der Waals surface area contributed by atoms with Crippen LogP contribution in [0.4, 0.5) is 4.39 Å². The van der Waals surface area contributed by atoms with E-state index < -0.39 is 10.0 Å². The molecule has 43 heavy (non-hydrogen) atoms. The van der Waals surface area contributed by atoms with Gasteiger partial charge in [0.2, 0.25) is 21.8 Å². The minimum absolute atomic E-state index is 0.0177. The molecule has 3 aromatic carbocycles. The van der Waals surface area contributed by atoms with E-state index in [0.717, 1.165) is 22.4 Å². The fourth-order valence-corrected chi connectivity index (χ4v) is 7.14. The summed E-state index contributed by atoms with van der Waals surface area (Å²) in [5.41, 5.74) is 2.61. The van der Waals surface area contributed by atoms with E-state index >= 15 is 0 Å². The lowest BCUT2D eigenvalue weighted by Gasteiger charge is -2.39. The Morgan fingerprint density at radius 1 is 0.860 bits per heavy atom. The average Bonchev–Trinajstić information content (AvgIpc) is 3.85. The number of sulfonamides is 1. The predicted molar refractivity (Wildman–Crippen MR) is 161 cm³/mol. The number of aryl methyl sites for hydroxylation is 1. The van der Waals surface area contributed by atoms with Gasteiger partial charge in [-0.1, -0.05) is 42.0 Å². The number of amides is 2. The first-order valence-electron chi connectivity index (χ1n) is 14.7. The number of carbonyl (C=O) groups is 2. The molecule has 1 heterocycles. The molecule has 1 aliphatic carbocycles. The normalized spacial score (nSPS) is 15.9. The standard InChI is InChI=1S/C33H38FN3O5S/c1-24-3-15-31(16-4-24)43(40,41)37(29-11-12-29)23-33(39)36(22-26-5-9-27(34)10-6-26)28-17-19-35(20-18-28)32(38)21-25-7-13-30(42-2)14-8-25/h3-10,13-16,28-29H,11-12,17-23H2,1-2H3. The molecule has 0 bridgehead atoms. The number of carbonyl (C=O) groups excluding carboxylic acids is 2. The van der Waals surface area contributed by atoms with E-state index in [1.54, 1.807) is 48.4 Å². The summed E-state index contributed by atoms with van der Waals surface area (Å²) in [7, 11) is -2.27. The number of methoxy groups -OCH3 is 1. The molecular weight excluding hydrogens is 569 g/mol. The summed E-state index contributed by atoms with van der Waals surface area (Å²) in [6.45, 7) is 2.83. The summed E-state index contributed by atoms with van der Waals surface area (Å²) >= 11 is 0. The molecule has 0 atom stereocenters. The Labute approximate surface area is 253 Å². The highest BCUT2D eigenvalue weighted by atomic mass is 32.2. The number of piperidine rings is 1. The van der Waals surface area contributed by atoms with E-state index in [2.05, 4.69) is 0 Å². The Bertz CT molecular complexity index is 1520. The van der Waals surface area contributed by atoms with Gasteiger partial charge in [0.05, 0.1) is 25.0 Å². The number of hydrogen-bond donors (Lipinski definition) is 0. The van der Waals surface area contributed by atoms with Crippen LogP contribution in [0.2, 0.25) is 0 Å². The third kappa shape index (κ3) is 7.61. The van der Waals surface area contributed by atoms with Crippen LogP contribution >= 0.6 is 0 Å². The van der Waals surface area contributed by atoms with Gasteiger partial charge in [-0.05, 0) is 80.1 Å². The second kappa shape index (κ2) is 13.3. The first kappa shape index (κ1) is 30.7. The third-order valence-corrected chi connectivity index (χ3v) is 10.1. The van der Waals surface area contributed by atoms with Crippen LogP contribution in [0.25, 0.3) is 0 Å². The fraction of sp³-hybridized carbons (Fsp3) is 0.394. The molecule has 5 rings (SSSR count). The first-order chi connectivity index (χ1) is 20.6. The topological polar surface area (TPSA) is 87.2 Å². The van der Waals surface area contributed by atoms with Crippen LogP contribution in [0.3, 0.4) is 0 Å². The van der Waals surface area contributed by atoms with Gasteiger partial charge in [0.1, 0.15) is 11.6 Å². The van der Waals surface area contributed by atoms with Crippen molar-refractivity contribution in [3.05, 3.63) is 95.3 Å². The van der Waals surface area contributed by atoms with E-state index in [1.807, 2.05) is 36.1 Å². The van der Waals surface area contributed by atoms with Gasteiger partial charge in [-0.3, -0.25) is 9.59 Å². The number of rotatable bonds is 11. The summed E-state index contributed by atoms with van der Waals surface area (Å²) in [5.74, 6) is 0.0864. The lowest BCUT2D eigenvalue weighted by atomic mass is 10.0. The van der Waals surface area contributed by atoms with Crippen molar-refractivity contribution < 1.29 is 27.1 Å². The molecule has 3 aromatic rings. The minimum Gasteiger partial charge on any atom is -0.497 e. The smallest absolute Gasteiger partial charge is 0.243 e. The first-order valence-corrected chi connectivity index (χ1v) is 16.1. The molecule has 0 N–H and O–H groups in total. The van der Waals surface area contributed by atoms with Crippen molar-refractivity contribution >= 4 is 21.8 Å². The lowest BCUT2D eigenvalue weighted by Crippen LogP contribution is -2.51. The maximum atomic E-state index is 14.0. The summed E-state index contributed by atoms with van der Waals surface area (Å²) in [4.78, 5) is 30.7. The number of hydrogen-bond acceptors (Lipinski definition) is 5. The monoisotopic (exact) mass is 607 g/mol. The Morgan fingerprint density at radius 3 is 2.05 bits per heavy atom. The molecule has 1 saturated heterocycles. The molecule has 2 aliphatic rings. The van der Waals surface area contributed by atoms with Gasteiger partial charge < -0.3 is 14.5 Å². The molecule has 1 saturated carbocycles. The number of halogens is 1. The maximum Gasteiger partial charge on any atom is 0.243 e. The Balaban J connectivity index is 1.30.